The van der Waals surface area contributed by atoms with Crippen LogP contribution in [0.1, 0.15) is 43.5 Å². The van der Waals surface area contributed by atoms with Crippen molar-refractivity contribution in [1.82, 2.24) is 9.29 Å². The first kappa shape index (κ1) is 17.2. The number of hydrogen-bond acceptors (Lipinski definition) is 4. The minimum Gasteiger partial charge on any atom is -0.326 e. The normalized spacial score (nSPS) is 18.3. The van der Waals surface area contributed by atoms with Crippen LogP contribution in [0.3, 0.4) is 0 Å². The Morgan fingerprint density at radius 2 is 2.00 bits per heavy atom. The maximum atomic E-state index is 13.4. The molecule has 2 heterocycles. The van der Waals surface area contributed by atoms with Crippen molar-refractivity contribution < 1.29 is 13.2 Å². The second-order valence-electron chi connectivity index (χ2n) is 6.86. The Balaban J connectivity index is 1.71. The van der Waals surface area contributed by atoms with E-state index in [0.717, 1.165) is 24.1 Å². The van der Waals surface area contributed by atoms with Gasteiger partial charge in [0.2, 0.25) is 15.9 Å². The molecule has 0 saturated heterocycles. The summed E-state index contributed by atoms with van der Waals surface area (Å²) < 4.78 is 28.4. The lowest BCUT2D eigenvalue weighted by Crippen LogP contribution is -2.36. The molecule has 1 N–H and O–H groups in total. The van der Waals surface area contributed by atoms with Gasteiger partial charge in [0.1, 0.15) is 0 Å². The molecule has 1 atom stereocenters. The molecule has 0 spiro atoms. The number of carbonyl (C=O) groups is 1. The molecule has 136 valence electrons. The number of pyridine rings is 1. The number of hydrogen-bond donors (Lipinski definition) is 1. The molecule has 1 aliphatic carbocycles. The van der Waals surface area contributed by atoms with E-state index >= 15 is 0 Å². The van der Waals surface area contributed by atoms with Crippen molar-refractivity contribution in [3.63, 3.8) is 0 Å². The number of benzene rings is 1. The van der Waals surface area contributed by atoms with E-state index in [4.69, 9.17) is 0 Å². The van der Waals surface area contributed by atoms with Crippen molar-refractivity contribution in [2.75, 3.05) is 5.32 Å². The van der Waals surface area contributed by atoms with Crippen molar-refractivity contribution >= 4 is 21.6 Å². The van der Waals surface area contributed by atoms with Crippen molar-refractivity contribution in [1.29, 1.82) is 0 Å². The summed E-state index contributed by atoms with van der Waals surface area (Å²) in [5.41, 5.74) is 2.32. The fraction of sp³-hybridized carbons (Fsp3) is 0.368. The standard InChI is InChI=1S/C19H21N3O3S/c1-13(17-4-2-3-11-20-17)22(15-6-7-15)26(24,25)16-8-9-18-14(12-16)5-10-19(23)21-18/h2-4,8-9,11-13,15H,5-7,10H2,1H3,(H,21,23)/t13-/m0/s1. The van der Waals surface area contributed by atoms with Gasteiger partial charge < -0.3 is 5.32 Å². The topological polar surface area (TPSA) is 79.4 Å². The number of aryl methyl sites for hydroxylation is 1. The van der Waals surface area contributed by atoms with E-state index in [-0.39, 0.29) is 22.9 Å². The lowest BCUT2D eigenvalue weighted by atomic mass is 10.0. The lowest BCUT2D eigenvalue weighted by Gasteiger charge is -2.28. The van der Waals surface area contributed by atoms with Gasteiger partial charge in [-0.3, -0.25) is 9.78 Å². The summed E-state index contributed by atoms with van der Waals surface area (Å²) in [6.45, 7) is 1.89. The molecule has 0 unspecified atom stereocenters. The second kappa shape index (κ2) is 6.48. The van der Waals surface area contributed by atoms with Crippen LogP contribution in [0.15, 0.2) is 47.5 Å². The summed E-state index contributed by atoms with van der Waals surface area (Å²) in [5.74, 6) is -0.0310. The summed E-state index contributed by atoms with van der Waals surface area (Å²) in [4.78, 5) is 16.1. The molecule has 7 heteroatoms. The van der Waals surface area contributed by atoms with Gasteiger partial charge in [0, 0.05) is 24.3 Å². The number of carbonyl (C=O) groups excluding carboxylic acids is 1. The summed E-state index contributed by atoms with van der Waals surface area (Å²) >= 11 is 0. The smallest absolute Gasteiger partial charge is 0.243 e. The van der Waals surface area contributed by atoms with Crippen LogP contribution in [0.2, 0.25) is 0 Å². The fourth-order valence-electron chi connectivity index (χ4n) is 3.45. The third-order valence-electron chi connectivity index (χ3n) is 4.95. The molecule has 1 fully saturated rings. The average molecular weight is 371 g/mol. The van der Waals surface area contributed by atoms with Crippen LogP contribution in [0, 0.1) is 0 Å². The van der Waals surface area contributed by atoms with Crippen molar-refractivity contribution in [3.8, 4) is 0 Å². The zero-order valence-electron chi connectivity index (χ0n) is 14.6. The van der Waals surface area contributed by atoms with Gasteiger partial charge in [0.15, 0.2) is 0 Å². The highest BCUT2D eigenvalue weighted by Gasteiger charge is 2.42. The van der Waals surface area contributed by atoms with Crippen LogP contribution in [0.25, 0.3) is 0 Å². The molecule has 1 amide bonds. The zero-order valence-corrected chi connectivity index (χ0v) is 15.4. The van der Waals surface area contributed by atoms with Crippen LogP contribution >= 0.6 is 0 Å². The second-order valence-corrected chi connectivity index (χ2v) is 8.71. The molecule has 1 aromatic heterocycles. The summed E-state index contributed by atoms with van der Waals surface area (Å²) in [7, 11) is -3.65. The van der Waals surface area contributed by atoms with E-state index in [1.165, 1.54) is 0 Å². The van der Waals surface area contributed by atoms with Crippen molar-refractivity contribution in [3.05, 3.63) is 53.9 Å². The van der Waals surface area contributed by atoms with Crippen molar-refractivity contribution in [2.24, 2.45) is 0 Å². The van der Waals surface area contributed by atoms with Gasteiger partial charge in [0.25, 0.3) is 0 Å². The summed E-state index contributed by atoms with van der Waals surface area (Å²) in [6, 6.07) is 10.2. The lowest BCUT2D eigenvalue weighted by molar-refractivity contribution is -0.116. The quantitative estimate of drug-likeness (QED) is 0.876. The minimum atomic E-state index is -3.65. The fourth-order valence-corrected chi connectivity index (χ4v) is 5.35. The van der Waals surface area contributed by atoms with E-state index in [9.17, 15) is 13.2 Å². The number of fused-ring (bicyclic) bond motifs is 1. The Morgan fingerprint density at radius 3 is 2.69 bits per heavy atom. The largest absolute Gasteiger partial charge is 0.326 e. The third kappa shape index (κ3) is 3.12. The van der Waals surface area contributed by atoms with Crippen LogP contribution in [0.5, 0.6) is 0 Å². The molecule has 2 aliphatic rings. The maximum absolute atomic E-state index is 13.4. The van der Waals surface area contributed by atoms with Gasteiger partial charge in [-0.1, -0.05) is 6.07 Å². The first-order valence-corrected chi connectivity index (χ1v) is 10.3. The molecule has 1 aromatic carbocycles. The Kier molecular flexibility index (Phi) is 4.28. The Labute approximate surface area is 153 Å². The minimum absolute atomic E-state index is 0.0211. The molecule has 26 heavy (non-hydrogen) atoms. The number of nitrogens with zero attached hydrogens (tertiary/aromatic N) is 2. The maximum Gasteiger partial charge on any atom is 0.243 e. The van der Waals surface area contributed by atoms with Crippen LogP contribution in [-0.2, 0) is 21.2 Å². The molecule has 0 bridgehead atoms. The molecular weight excluding hydrogens is 350 g/mol. The van der Waals surface area contributed by atoms with E-state index in [2.05, 4.69) is 10.3 Å². The van der Waals surface area contributed by atoms with Crippen LogP contribution < -0.4 is 5.32 Å². The molecular formula is C19H21N3O3S. The number of rotatable bonds is 5. The number of nitrogens with one attached hydrogen (secondary N) is 1. The number of amides is 1. The predicted octanol–water partition coefficient (Wildman–Crippen LogP) is 2.88. The molecule has 4 rings (SSSR count). The molecule has 2 aromatic rings. The van der Waals surface area contributed by atoms with E-state index < -0.39 is 10.0 Å². The van der Waals surface area contributed by atoms with Crippen LogP contribution in [0.4, 0.5) is 5.69 Å². The van der Waals surface area contributed by atoms with Gasteiger partial charge in [-0.2, -0.15) is 4.31 Å². The highest BCUT2D eigenvalue weighted by Crippen LogP contribution is 2.39. The monoisotopic (exact) mass is 371 g/mol. The van der Waals surface area contributed by atoms with Gasteiger partial charge in [-0.25, -0.2) is 8.42 Å². The van der Waals surface area contributed by atoms with Crippen LogP contribution in [-0.4, -0.2) is 29.7 Å². The SMILES string of the molecule is C[C@@H](c1ccccn1)N(C1CC1)S(=O)(=O)c1ccc2c(c1)CCC(=O)N2. The summed E-state index contributed by atoms with van der Waals surface area (Å²) in [5, 5.41) is 2.79. The molecule has 1 saturated carbocycles. The van der Waals surface area contributed by atoms with E-state index in [1.54, 1.807) is 28.7 Å². The zero-order chi connectivity index (χ0) is 18.3. The van der Waals surface area contributed by atoms with Gasteiger partial charge in [0.05, 0.1) is 16.6 Å². The highest BCUT2D eigenvalue weighted by atomic mass is 32.2. The molecule has 0 radical (unpaired) electrons. The van der Waals surface area contributed by atoms with Gasteiger partial charge in [-0.05, 0) is 62.1 Å². The Morgan fingerprint density at radius 1 is 1.19 bits per heavy atom. The number of sulfonamides is 1. The molecule has 6 nitrogen and oxygen atoms in total. The Hall–Kier alpha value is -2.25. The van der Waals surface area contributed by atoms with Gasteiger partial charge in [-0.15, -0.1) is 0 Å². The van der Waals surface area contributed by atoms with E-state index in [0.29, 0.717) is 18.5 Å². The van der Waals surface area contributed by atoms with Crippen molar-refractivity contribution in [2.45, 2.75) is 49.6 Å². The van der Waals surface area contributed by atoms with Gasteiger partial charge >= 0.3 is 0 Å². The summed E-state index contributed by atoms with van der Waals surface area (Å²) in [6.07, 6.45) is 4.37. The molecule has 1 aliphatic heterocycles. The Bertz CT molecular complexity index is 940. The average Bonchev–Trinajstić information content (AvgIpc) is 3.46. The van der Waals surface area contributed by atoms with E-state index in [1.807, 2.05) is 25.1 Å². The highest BCUT2D eigenvalue weighted by molar-refractivity contribution is 7.89. The first-order valence-electron chi connectivity index (χ1n) is 8.84. The number of aromatic nitrogens is 1. The third-order valence-corrected chi connectivity index (χ3v) is 6.97. The number of anilines is 1. The first-order chi connectivity index (χ1) is 12.5. The predicted molar refractivity (Wildman–Crippen MR) is 98.1 cm³/mol.